The Morgan fingerprint density at radius 2 is 1.90 bits per heavy atom. The van der Waals surface area contributed by atoms with Crippen LogP contribution in [0.3, 0.4) is 0 Å². The second-order valence-corrected chi connectivity index (χ2v) is 4.76. The van der Waals surface area contributed by atoms with Crippen molar-refractivity contribution < 1.29 is 4.74 Å². The highest BCUT2D eigenvalue weighted by Gasteiger charge is 2.13. The fourth-order valence-corrected chi connectivity index (χ4v) is 2.29. The number of H-pyrrole nitrogens is 1. The summed E-state index contributed by atoms with van der Waals surface area (Å²) in [5.74, 6) is 1.12. The van der Waals surface area contributed by atoms with E-state index in [4.69, 9.17) is 21.6 Å². The second-order valence-electron chi connectivity index (χ2n) is 4.35. The SMILES string of the molecule is N#Cc1c[nH]c2c(Oc3ccccc3)ccc(Cl)c2c1=O. The van der Waals surface area contributed by atoms with E-state index in [0.717, 1.165) is 0 Å². The van der Waals surface area contributed by atoms with Gasteiger partial charge in [-0.05, 0) is 24.3 Å². The minimum atomic E-state index is -0.408. The van der Waals surface area contributed by atoms with Crippen LogP contribution in [0, 0.1) is 11.3 Å². The third-order valence-electron chi connectivity index (χ3n) is 3.04. The van der Waals surface area contributed by atoms with Gasteiger partial charge in [-0.25, -0.2) is 0 Å². The Hall–Kier alpha value is -2.77. The van der Waals surface area contributed by atoms with Crippen molar-refractivity contribution in [2.45, 2.75) is 0 Å². The molecule has 0 bridgehead atoms. The largest absolute Gasteiger partial charge is 0.455 e. The molecule has 3 aromatic rings. The lowest BCUT2D eigenvalue weighted by Gasteiger charge is -2.09. The first-order valence-electron chi connectivity index (χ1n) is 6.17. The molecule has 0 aliphatic rings. The number of aromatic amines is 1. The third kappa shape index (κ3) is 2.35. The molecule has 1 heterocycles. The van der Waals surface area contributed by atoms with Crippen LogP contribution in [0.2, 0.25) is 5.02 Å². The molecule has 0 radical (unpaired) electrons. The van der Waals surface area contributed by atoms with Crippen LogP contribution in [0.25, 0.3) is 10.9 Å². The summed E-state index contributed by atoms with van der Waals surface area (Å²) in [6.07, 6.45) is 1.36. The second kappa shape index (κ2) is 5.31. The molecular weight excluding hydrogens is 288 g/mol. The number of para-hydroxylation sites is 1. The molecule has 102 valence electrons. The van der Waals surface area contributed by atoms with Crippen molar-refractivity contribution in [2.75, 3.05) is 0 Å². The Bertz CT molecular complexity index is 911. The van der Waals surface area contributed by atoms with Gasteiger partial charge >= 0.3 is 0 Å². The first-order chi connectivity index (χ1) is 10.2. The zero-order valence-electron chi connectivity index (χ0n) is 10.8. The van der Waals surface area contributed by atoms with Gasteiger partial charge < -0.3 is 9.72 Å². The fraction of sp³-hybridized carbons (Fsp3) is 0. The predicted molar refractivity (Wildman–Crippen MR) is 80.8 cm³/mol. The summed E-state index contributed by atoms with van der Waals surface area (Å²) in [5.41, 5.74) is 0.0753. The molecule has 1 N–H and O–H groups in total. The Kier molecular flexibility index (Phi) is 3.35. The van der Waals surface area contributed by atoms with Gasteiger partial charge in [0.2, 0.25) is 5.43 Å². The first-order valence-corrected chi connectivity index (χ1v) is 6.55. The highest BCUT2D eigenvalue weighted by Crippen LogP contribution is 2.31. The number of nitriles is 1. The Balaban J connectivity index is 2.22. The van der Waals surface area contributed by atoms with Gasteiger partial charge in [0.25, 0.3) is 0 Å². The van der Waals surface area contributed by atoms with E-state index < -0.39 is 5.43 Å². The third-order valence-corrected chi connectivity index (χ3v) is 3.36. The van der Waals surface area contributed by atoms with Gasteiger partial charge in [0.05, 0.1) is 15.9 Å². The summed E-state index contributed by atoms with van der Waals surface area (Å²) >= 11 is 6.08. The lowest BCUT2D eigenvalue weighted by Crippen LogP contribution is -2.08. The summed E-state index contributed by atoms with van der Waals surface area (Å²) in [4.78, 5) is 15.1. The first kappa shape index (κ1) is 13.2. The summed E-state index contributed by atoms with van der Waals surface area (Å²) in [6, 6.07) is 14.3. The molecule has 5 heteroatoms. The van der Waals surface area contributed by atoms with Crippen LogP contribution in [0.4, 0.5) is 0 Å². The maximum atomic E-state index is 12.2. The average Bonchev–Trinajstić information content (AvgIpc) is 2.51. The maximum Gasteiger partial charge on any atom is 0.208 e. The quantitative estimate of drug-likeness (QED) is 0.781. The molecule has 4 nitrogen and oxygen atoms in total. The molecule has 21 heavy (non-hydrogen) atoms. The van der Waals surface area contributed by atoms with E-state index >= 15 is 0 Å². The number of rotatable bonds is 2. The summed E-state index contributed by atoms with van der Waals surface area (Å²) < 4.78 is 5.76. The zero-order chi connectivity index (χ0) is 14.8. The lowest BCUT2D eigenvalue weighted by molar-refractivity contribution is 0.487. The molecule has 0 spiro atoms. The number of nitrogens with one attached hydrogen (secondary N) is 1. The standard InChI is InChI=1S/C16H9ClN2O2/c17-12-6-7-13(21-11-4-2-1-3-5-11)15-14(12)16(20)10(8-18)9-19-15/h1-7,9H,(H,19,20). The van der Waals surface area contributed by atoms with E-state index in [1.165, 1.54) is 6.20 Å². The number of pyridine rings is 1. The van der Waals surface area contributed by atoms with Gasteiger partial charge in [0.1, 0.15) is 17.4 Å². The van der Waals surface area contributed by atoms with E-state index in [1.807, 2.05) is 36.4 Å². The molecule has 0 saturated heterocycles. The van der Waals surface area contributed by atoms with Crippen LogP contribution in [-0.2, 0) is 0 Å². The normalized spacial score (nSPS) is 10.3. The van der Waals surface area contributed by atoms with E-state index in [2.05, 4.69) is 4.98 Å². The number of aromatic nitrogens is 1. The molecular formula is C16H9ClN2O2. The summed E-state index contributed by atoms with van der Waals surface area (Å²) in [7, 11) is 0. The van der Waals surface area contributed by atoms with Gasteiger partial charge in [-0.15, -0.1) is 0 Å². The van der Waals surface area contributed by atoms with Crippen LogP contribution in [0.1, 0.15) is 5.56 Å². The van der Waals surface area contributed by atoms with Gasteiger partial charge in [-0.1, -0.05) is 29.8 Å². The van der Waals surface area contributed by atoms with Crippen molar-refractivity contribution in [1.29, 1.82) is 5.26 Å². The van der Waals surface area contributed by atoms with Crippen molar-refractivity contribution in [3.05, 3.63) is 69.5 Å². The van der Waals surface area contributed by atoms with Crippen LogP contribution in [0.5, 0.6) is 11.5 Å². The number of hydrogen-bond acceptors (Lipinski definition) is 3. The topological polar surface area (TPSA) is 65.9 Å². The average molecular weight is 297 g/mol. The molecule has 0 amide bonds. The Labute approximate surface area is 125 Å². The van der Waals surface area contributed by atoms with Crippen molar-refractivity contribution in [3.63, 3.8) is 0 Å². The number of nitrogens with zero attached hydrogens (tertiary/aromatic N) is 1. The van der Waals surface area contributed by atoms with Crippen LogP contribution >= 0.6 is 11.6 Å². The van der Waals surface area contributed by atoms with E-state index in [0.29, 0.717) is 17.0 Å². The lowest BCUT2D eigenvalue weighted by atomic mass is 10.1. The highest BCUT2D eigenvalue weighted by molar-refractivity contribution is 6.35. The Morgan fingerprint density at radius 1 is 1.14 bits per heavy atom. The number of hydrogen-bond donors (Lipinski definition) is 1. The zero-order valence-corrected chi connectivity index (χ0v) is 11.5. The molecule has 0 fully saturated rings. The molecule has 1 aromatic heterocycles. The molecule has 0 aliphatic carbocycles. The van der Waals surface area contributed by atoms with E-state index in [9.17, 15) is 4.79 Å². The number of ether oxygens (including phenoxy) is 1. The fourth-order valence-electron chi connectivity index (χ4n) is 2.05. The van der Waals surface area contributed by atoms with Gasteiger partial charge in [0.15, 0.2) is 5.75 Å². The van der Waals surface area contributed by atoms with Crippen LogP contribution in [0.15, 0.2) is 53.5 Å². The van der Waals surface area contributed by atoms with E-state index in [1.54, 1.807) is 12.1 Å². The predicted octanol–water partition coefficient (Wildman–Crippen LogP) is 3.85. The minimum Gasteiger partial charge on any atom is -0.455 e. The molecule has 2 aromatic carbocycles. The van der Waals surface area contributed by atoms with Gasteiger partial charge in [-0.2, -0.15) is 5.26 Å². The smallest absolute Gasteiger partial charge is 0.208 e. The Morgan fingerprint density at radius 3 is 2.62 bits per heavy atom. The van der Waals surface area contributed by atoms with Crippen molar-refractivity contribution in [2.24, 2.45) is 0 Å². The highest BCUT2D eigenvalue weighted by atomic mass is 35.5. The summed E-state index contributed by atoms with van der Waals surface area (Å²) in [5, 5.41) is 9.46. The number of benzene rings is 2. The molecule has 0 atom stereocenters. The van der Waals surface area contributed by atoms with Gasteiger partial charge in [-0.3, -0.25) is 4.79 Å². The van der Waals surface area contributed by atoms with Crippen LogP contribution < -0.4 is 10.2 Å². The monoisotopic (exact) mass is 296 g/mol. The van der Waals surface area contributed by atoms with Crippen molar-refractivity contribution in [1.82, 2.24) is 4.98 Å². The minimum absolute atomic E-state index is 0.0151. The molecule has 0 aliphatic heterocycles. The number of halogens is 1. The van der Waals surface area contributed by atoms with E-state index in [-0.39, 0.29) is 16.0 Å². The summed E-state index contributed by atoms with van der Waals surface area (Å²) in [6.45, 7) is 0. The van der Waals surface area contributed by atoms with Crippen molar-refractivity contribution in [3.8, 4) is 17.6 Å². The maximum absolute atomic E-state index is 12.2. The molecule has 3 rings (SSSR count). The number of fused-ring (bicyclic) bond motifs is 1. The van der Waals surface area contributed by atoms with Gasteiger partial charge in [0, 0.05) is 6.20 Å². The molecule has 0 saturated carbocycles. The van der Waals surface area contributed by atoms with Crippen molar-refractivity contribution >= 4 is 22.5 Å². The van der Waals surface area contributed by atoms with Crippen LogP contribution in [-0.4, -0.2) is 4.98 Å². The molecule has 0 unspecified atom stereocenters.